The van der Waals surface area contributed by atoms with Crippen molar-refractivity contribution in [2.24, 2.45) is 15.9 Å². The topological polar surface area (TPSA) is 37.2 Å². The molecule has 3 heterocycles. The van der Waals surface area contributed by atoms with Gasteiger partial charge in [-0.25, -0.2) is 0 Å². The summed E-state index contributed by atoms with van der Waals surface area (Å²) in [4.78, 5) is 14.3. The SMILES string of the molecule is CCC1C=C2N(C(C)=N1)c1sc(C)c(C)c1C(c1ccc(Cl)cc1)=NC21CC1COC. The van der Waals surface area contributed by atoms with Crippen molar-refractivity contribution < 1.29 is 4.74 Å². The summed E-state index contributed by atoms with van der Waals surface area (Å²) in [6.07, 6.45) is 4.34. The van der Waals surface area contributed by atoms with Crippen molar-refractivity contribution in [3.05, 3.63) is 62.6 Å². The summed E-state index contributed by atoms with van der Waals surface area (Å²) in [7, 11) is 1.78. The summed E-state index contributed by atoms with van der Waals surface area (Å²) in [5.41, 5.74) is 5.69. The number of ether oxygens (including phenoxy) is 1. The number of rotatable bonds is 4. The van der Waals surface area contributed by atoms with Gasteiger partial charge in [-0.15, -0.1) is 11.3 Å². The quantitative estimate of drug-likeness (QED) is 0.554. The summed E-state index contributed by atoms with van der Waals surface area (Å²) in [6, 6.07) is 8.29. The molecule has 2 aromatic rings. The van der Waals surface area contributed by atoms with Gasteiger partial charge in [-0.3, -0.25) is 14.9 Å². The largest absolute Gasteiger partial charge is 0.384 e. The number of nitrogens with zero attached hydrogens (tertiary/aromatic N) is 3. The van der Waals surface area contributed by atoms with Crippen LogP contribution in [0.25, 0.3) is 0 Å². The minimum atomic E-state index is -0.269. The summed E-state index contributed by atoms with van der Waals surface area (Å²) in [5.74, 6) is 1.43. The van der Waals surface area contributed by atoms with Crippen molar-refractivity contribution in [1.29, 1.82) is 0 Å². The highest BCUT2D eigenvalue weighted by molar-refractivity contribution is 7.17. The Morgan fingerprint density at radius 1 is 1.23 bits per heavy atom. The minimum Gasteiger partial charge on any atom is -0.384 e. The highest BCUT2D eigenvalue weighted by atomic mass is 35.5. The van der Waals surface area contributed by atoms with Gasteiger partial charge in [0.25, 0.3) is 0 Å². The van der Waals surface area contributed by atoms with Gasteiger partial charge in [-0.2, -0.15) is 0 Å². The zero-order valence-corrected chi connectivity index (χ0v) is 20.3. The van der Waals surface area contributed by atoms with Gasteiger partial charge in [0, 0.05) is 34.1 Å². The Kier molecular flexibility index (Phi) is 5.11. The normalized spacial score (nSPS) is 26.6. The van der Waals surface area contributed by atoms with E-state index in [0.29, 0.717) is 12.5 Å². The van der Waals surface area contributed by atoms with Crippen molar-refractivity contribution in [3.63, 3.8) is 0 Å². The molecule has 1 saturated carbocycles. The molecule has 0 amide bonds. The predicted octanol–water partition coefficient (Wildman–Crippen LogP) is 6.18. The molecule has 1 fully saturated rings. The monoisotopic (exact) mass is 453 g/mol. The molecule has 0 saturated heterocycles. The van der Waals surface area contributed by atoms with Gasteiger partial charge in [0.15, 0.2) is 0 Å². The van der Waals surface area contributed by atoms with Crippen molar-refractivity contribution in [3.8, 4) is 0 Å². The maximum Gasteiger partial charge on any atom is 0.111 e. The Hall–Kier alpha value is -1.95. The Bertz CT molecular complexity index is 1130. The average molecular weight is 454 g/mol. The van der Waals surface area contributed by atoms with E-state index in [4.69, 9.17) is 26.3 Å². The van der Waals surface area contributed by atoms with Gasteiger partial charge >= 0.3 is 0 Å². The molecular weight excluding hydrogens is 426 g/mol. The summed E-state index contributed by atoms with van der Waals surface area (Å²) in [6.45, 7) is 9.45. The van der Waals surface area contributed by atoms with Crippen LogP contribution in [0.3, 0.4) is 0 Å². The van der Waals surface area contributed by atoms with E-state index < -0.39 is 0 Å². The number of aliphatic imine (C=N–C) groups is 2. The van der Waals surface area contributed by atoms with Crippen LogP contribution in [-0.4, -0.2) is 36.8 Å². The second-order valence-corrected chi connectivity index (χ2v) is 10.4. The lowest BCUT2D eigenvalue weighted by Crippen LogP contribution is -2.39. The molecule has 0 bridgehead atoms. The van der Waals surface area contributed by atoms with E-state index in [9.17, 15) is 0 Å². The van der Waals surface area contributed by atoms with Crippen LogP contribution in [0, 0.1) is 19.8 Å². The van der Waals surface area contributed by atoms with Crippen LogP contribution in [-0.2, 0) is 4.74 Å². The molecule has 0 N–H and O–H groups in total. The molecule has 6 heteroatoms. The van der Waals surface area contributed by atoms with Gasteiger partial charge < -0.3 is 4.74 Å². The fraction of sp³-hybridized carbons (Fsp3) is 0.440. The lowest BCUT2D eigenvalue weighted by molar-refractivity contribution is 0.180. The van der Waals surface area contributed by atoms with E-state index in [1.54, 1.807) is 7.11 Å². The number of aryl methyl sites for hydroxylation is 1. The highest BCUT2D eigenvalue weighted by Gasteiger charge is 2.61. The zero-order valence-electron chi connectivity index (χ0n) is 18.7. The molecule has 1 aromatic heterocycles. The zero-order chi connectivity index (χ0) is 21.9. The van der Waals surface area contributed by atoms with Crippen LogP contribution in [0.1, 0.15) is 48.3 Å². The van der Waals surface area contributed by atoms with Crippen molar-refractivity contribution in [2.45, 2.75) is 52.1 Å². The number of halogens is 1. The standard InChI is InChI=1S/C25H28ClN3OS/c1-6-20-11-21-25(12-18(25)13-30-5)28-23(17-7-9-19(26)10-8-17)22-14(2)15(3)31-24(22)29(21)16(4)27-20/h7-11,18,20H,6,12-13H2,1-5H3. The van der Waals surface area contributed by atoms with Crippen molar-refractivity contribution >= 4 is 39.5 Å². The Morgan fingerprint density at radius 2 is 1.97 bits per heavy atom. The summed E-state index contributed by atoms with van der Waals surface area (Å²) >= 11 is 8.05. The van der Waals surface area contributed by atoms with Gasteiger partial charge in [0.05, 0.1) is 24.1 Å². The molecule has 1 aliphatic carbocycles. The summed E-state index contributed by atoms with van der Waals surface area (Å²) in [5, 5.41) is 1.97. The number of thiophene rings is 1. The number of amidine groups is 1. The van der Waals surface area contributed by atoms with E-state index in [0.717, 1.165) is 35.0 Å². The van der Waals surface area contributed by atoms with E-state index in [2.05, 4.69) is 50.8 Å². The maximum atomic E-state index is 6.21. The van der Waals surface area contributed by atoms with E-state index >= 15 is 0 Å². The van der Waals surface area contributed by atoms with Crippen LogP contribution in [0.2, 0.25) is 5.02 Å². The first kappa shape index (κ1) is 20.9. The third-order valence-corrected chi connectivity index (χ3v) is 8.25. The van der Waals surface area contributed by atoms with Gasteiger partial charge in [0.1, 0.15) is 16.4 Å². The van der Waals surface area contributed by atoms with Crippen LogP contribution in [0.15, 0.2) is 46.0 Å². The molecule has 162 valence electrons. The van der Waals surface area contributed by atoms with Gasteiger partial charge in [-0.05, 0) is 57.4 Å². The molecule has 3 atom stereocenters. The number of hydrogen-bond donors (Lipinski definition) is 0. The third kappa shape index (κ3) is 3.21. The maximum absolute atomic E-state index is 6.21. The second kappa shape index (κ2) is 7.58. The molecule has 3 aliphatic rings. The molecule has 1 spiro atoms. The highest BCUT2D eigenvalue weighted by Crippen LogP contribution is 2.58. The smallest absolute Gasteiger partial charge is 0.111 e. The fourth-order valence-corrected chi connectivity index (χ4v) is 6.25. The Balaban J connectivity index is 1.80. The average Bonchev–Trinajstić information content (AvgIpc) is 3.39. The van der Waals surface area contributed by atoms with Gasteiger partial charge in [-0.1, -0.05) is 30.7 Å². The molecule has 2 aliphatic heterocycles. The number of hydrogen-bond acceptors (Lipinski definition) is 5. The lowest BCUT2D eigenvalue weighted by Gasteiger charge is -2.34. The molecule has 0 radical (unpaired) electrons. The van der Waals surface area contributed by atoms with Crippen LogP contribution in [0.5, 0.6) is 0 Å². The first-order chi connectivity index (χ1) is 14.9. The lowest BCUT2D eigenvalue weighted by atomic mass is 9.99. The number of anilines is 1. The molecule has 1 aromatic carbocycles. The molecule has 3 unspecified atom stereocenters. The Labute approximate surface area is 193 Å². The van der Waals surface area contributed by atoms with Crippen LogP contribution in [0.4, 0.5) is 5.00 Å². The first-order valence-electron chi connectivity index (χ1n) is 10.9. The fourth-order valence-electron chi connectivity index (χ4n) is 4.91. The molecular formula is C25H28ClN3OS. The van der Waals surface area contributed by atoms with Crippen LogP contribution >= 0.6 is 22.9 Å². The Morgan fingerprint density at radius 3 is 2.65 bits per heavy atom. The van der Waals surface area contributed by atoms with E-state index in [1.807, 2.05) is 23.5 Å². The molecule has 4 nitrogen and oxygen atoms in total. The number of methoxy groups -OCH3 is 1. The summed E-state index contributed by atoms with van der Waals surface area (Å²) < 4.78 is 5.59. The minimum absolute atomic E-state index is 0.199. The number of fused-ring (bicyclic) bond motifs is 4. The van der Waals surface area contributed by atoms with Gasteiger partial charge in [0.2, 0.25) is 0 Å². The third-order valence-electron chi connectivity index (χ3n) is 6.81. The van der Waals surface area contributed by atoms with E-state index in [-0.39, 0.29) is 11.6 Å². The number of benzene rings is 1. The predicted molar refractivity (Wildman–Crippen MR) is 131 cm³/mol. The first-order valence-corrected chi connectivity index (χ1v) is 12.1. The van der Waals surface area contributed by atoms with Crippen LogP contribution < -0.4 is 4.90 Å². The molecule has 5 rings (SSSR count). The van der Waals surface area contributed by atoms with E-state index in [1.165, 1.54) is 26.7 Å². The molecule has 31 heavy (non-hydrogen) atoms. The van der Waals surface area contributed by atoms with Crippen molar-refractivity contribution in [2.75, 3.05) is 18.6 Å². The van der Waals surface area contributed by atoms with Crippen molar-refractivity contribution in [1.82, 2.24) is 0 Å². The second-order valence-electron chi connectivity index (χ2n) is 8.75.